The predicted molar refractivity (Wildman–Crippen MR) is 132 cm³/mol. The second-order valence-corrected chi connectivity index (χ2v) is 8.56. The quantitative estimate of drug-likeness (QED) is 0.371. The molecule has 6 nitrogen and oxygen atoms in total. The molecule has 0 aliphatic rings. The Hall–Kier alpha value is -3.71. The van der Waals surface area contributed by atoms with Gasteiger partial charge in [0, 0.05) is 23.4 Å². The highest BCUT2D eigenvalue weighted by atomic mass is 32.2. The van der Waals surface area contributed by atoms with Crippen LogP contribution in [0.3, 0.4) is 0 Å². The highest BCUT2D eigenvalue weighted by molar-refractivity contribution is 7.98. The number of hydrogen-bond acceptors (Lipinski definition) is 4. The van der Waals surface area contributed by atoms with Gasteiger partial charge in [-0.2, -0.15) is 11.8 Å². The Labute approximate surface area is 196 Å². The molecule has 33 heavy (non-hydrogen) atoms. The summed E-state index contributed by atoms with van der Waals surface area (Å²) < 4.78 is 6.65. The Morgan fingerprint density at radius 1 is 0.970 bits per heavy atom. The Bertz CT molecular complexity index is 1250. The number of carbonyl (C=O) groups excluding carboxylic acids is 1. The maximum absolute atomic E-state index is 11.3. The van der Waals surface area contributed by atoms with Crippen LogP contribution in [0.4, 0.5) is 4.79 Å². The van der Waals surface area contributed by atoms with Gasteiger partial charge in [-0.25, -0.2) is 9.59 Å². The summed E-state index contributed by atoms with van der Waals surface area (Å²) >= 11 is 1.44. The minimum Gasteiger partial charge on any atom is -0.480 e. The van der Waals surface area contributed by atoms with Crippen LogP contribution in [0, 0.1) is 0 Å². The van der Waals surface area contributed by atoms with Gasteiger partial charge in [-0.05, 0) is 46.3 Å². The maximum atomic E-state index is 11.3. The van der Waals surface area contributed by atoms with Crippen LogP contribution >= 0.6 is 11.8 Å². The summed E-state index contributed by atoms with van der Waals surface area (Å²) in [4.78, 5) is 22.5. The number of aromatic nitrogens is 1. The van der Waals surface area contributed by atoms with Gasteiger partial charge < -0.3 is 19.7 Å². The van der Waals surface area contributed by atoms with E-state index in [1.807, 2.05) is 24.3 Å². The van der Waals surface area contributed by atoms with E-state index in [2.05, 4.69) is 75.4 Å². The van der Waals surface area contributed by atoms with Crippen molar-refractivity contribution >= 4 is 34.7 Å². The number of nitrogens with zero attached hydrogens (tertiary/aromatic N) is 1. The van der Waals surface area contributed by atoms with Crippen molar-refractivity contribution in [3.05, 3.63) is 90.6 Å². The van der Waals surface area contributed by atoms with Crippen molar-refractivity contribution in [2.75, 3.05) is 12.9 Å². The van der Waals surface area contributed by atoms with Crippen molar-refractivity contribution < 1.29 is 19.4 Å². The summed E-state index contributed by atoms with van der Waals surface area (Å²) in [5, 5.41) is 12.8. The fraction of sp³-hybridized carbons (Fsp3) is 0.154. The molecule has 1 heterocycles. The smallest absolute Gasteiger partial charge is 0.407 e. The lowest BCUT2D eigenvalue weighted by Gasteiger charge is -2.13. The molecule has 3 aromatic carbocycles. The van der Waals surface area contributed by atoms with E-state index in [0.29, 0.717) is 5.75 Å². The number of ether oxygens (including phenoxy) is 1. The van der Waals surface area contributed by atoms with E-state index in [-0.39, 0.29) is 5.75 Å². The van der Waals surface area contributed by atoms with Crippen molar-refractivity contribution in [1.82, 2.24) is 9.88 Å². The number of amides is 1. The van der Waals surface area contributed by atoms with E-state index >= 15 is 0 Å². The Balaban J connectivity index is 1.38. The number of benzene rings is 3. The topological polar surface area (TPSA) is 80.6 Å². The summed E-state index contributed by atoms with van der Waals surface area (Å²) in [6, 6.07) is 26.1. The van der Waals surface area contributed by atoms with Crippen molar-refractivity contribution in [1.29, 1.82) is 0 Å². The molecule has 0 aliphatic heterocycles. The number of methoxy groups -OCH3 is 1. The van der Waals surface area contributed by atoms with E-state index in [9.17, 15) is 14.7 Å². The molecule has 0 spiro atoms. The molecule has 1 amide bonds. The summed E-state index contributed by atoms with van der Waals surface area (Å²) in [6.07, 6.45) is 1.34. The van der Waals surface area contributed by atoms with Crippen molar-refractivity contribution in [2.45, 2.75) is 11.8 Å². The molecule has 0 fully saturated rings. The van der Waals surface area contributed by atoms with Gasteiger partial charge in [0.05, 0.1) is 12.6 Å². The zero-order chi connectivity index (χ0) is 23.2. The molecular formula is C26H24N2O4S. The van der Waals surface area contributed by atoms with Crippen LogP contribution in [0.15, 0.2) is 85.1 Å². The first-order chi connectivity index (χ1) is 16.0. The van der Waals surface area contributed by atoms with Crippen LogP contribution in [-0.2, 0) is 15.3 Å². The monoisotopic (exact) mass is 460 g/mol. The Morgan fingerprint density at radius 3 is 2.30 bits per heavy atom. The number of carboxylic acid groups (broad SMARTS) is 1. The summed E-state index contributed by atoms with van der Waals surface area (Å²) in [7, 11) is 1.21. The molecule has 0 saturated heterocycles. The van der Waals surface area contributed by atoms with Crippen LogP contribution in [0.2, 0.25) is 0 Å². The number of alkyl carbamates (subject to hydrolysis) is 1. The first-order valence-electron chi connectivity index (χ1n) is 10.5. The zero-order valence-electron chi connectivity index (χ0n) is 18.1. The van der Waals surface area contributed by atoms with Crippen LogP contribution in [0.1, 0.15) is 5.56 Å². The van der Waals surface area contributed by atoms with Gasteiger partial charge in [0.15, 0.2) is 0 Å². The summed E-state index contributed by atoms with van der Waals surface area (Å²) in [6.45, 7) is 0. The molecule has 7 heteroatoms. The van der Waals surface area contributed by atoms with Crippen LogP contribution < -0.4 is 5.32 Å². The predicted octanol–water partition coefficient (Wildman–Crippen LogP) is 5.34. The molecule has 0 bridgehead atoms. The molecule has 0 saturated carbocycles. The molecule has 0 aliphatic carbocycles. The molecule has 2 N–H and O–H groups in total. The molecule has 1 atom stereocenters. The molecule has 1 aromatic heterocycles. The molecule has 168 valence electrons. The number of rotatable bonds is 8. The second kappa shape index (κ2) is 10.3. The molecule has 4 rings (SSSR count). The van der Waals surface area contributed by atoms with Gasteiger partial charge in [0.2, 0.25) is 0 Å². The van der Waals surface area contributed by atoms with Crippen LogP contribution in [-0.4, -0.2) is 40.6 Å². The number of carboxylic acids is 1. The van der Waals surface area contributed by atoms with E-state index < -0.39 is 18.1 Å². The molecule has 0 radical (unpaired) electrons. The highest BCUT2D eigenvalue weighted by Gasteiger charge is 2.20. The number of hydrogen-bond donors (Lipinski definition) is 2. The van der Waals surface area contributed by atoms with Gasteiger partial charge in [0.25, 0.3) is 0 Å². The Morgan fingerprint density at radius 2 is 1.64 bits per heavy atom. The van der Waals surface area contributed by atoms with Gasteiger partial charge >= 0.3 is 12.1 Å². The number of nitrogens with one attached hydrogen (secondary N) is 1. The van der Waals surface area contributed by atoms with Crippen LogP contribution in [0.25, 0.3) is 27.7 Å². The second-order valence-electron chi connectivity index (χ2n) is 7.53. The molecular weight excluding hydrogens is 436 g/mol. The lowest BCUT2D eigenvalue weighted by molar-refractivity contribution is -0.138. The first-order valence-corrected chi connectivity index (χ1v) is 11.6. The zero-order valence-corrected chi connectivity index (χ0v) is 18.9. The molecule has 0 unspecified atom stereocenters. The van der Waals surface area contributed by atoms with Gasteiger partial charge in [0.1, 0.15) is 6.04 Å². The number of thioether (sulfide) groups is 1. The average Bonchev–Trinajstić information content (AvgIpc) is 3.28. The maximum Gasteiger partial charge on any atom is 0.407 e. The minimum atomic E-state index is -1.08. The van der Waals surface area contributed by atoms with Crippen molar-refractivity contribution in [3.63, 3.8) is 0 Å². The third-order valence-electron chi connectivity index (χ3n) is 5.36. The molecule has 4 aromatic rings. The fourth-order valence-electron chi connectivity index (χ4n) is 3.59. The van der Waals surface area contributed by atoms with Gasteiger partial charge in [-0.1, -0.05) is 54.6 Å². The average molecular weight is 461 g/mol. The van der Waals surface area contributed by atoms with E-state index in [0.717, 1.165) is 22.4 Å². The Kier molecular flexibility index (Phi) is 7.00. The lowest BCUT2D eigenvalue weighted by Crippen LogP contribution is -2.42. The van der Waals surface area contributed by atoms with Crippen molar-refractivity contribution in [2.24, 2.45) is 0 Å². The fourth-order valence-corrected chi connectivity index (χ4v) is 4.59. The number of aliphatic carboxylic acids is 1. The number of fused-ring (bicyclic) bond motifs is 1. The van der Waals surface area contributed by atoms with E-state index in [4.69, 9.17) is 0 Å². The van der Waals surface area contributed by atoms with Crippen LogP contribution in [0.5, 0.6) is 0 Å². The third kappa shape index (κ3) is 5.38. The SMILES string of the molecule is COC(=O)N[C@@H](CSCc1ccc(-c2ccc(-n3ccc4ccccc43)cc2)cc1)C(=O)O. The van der Waals surface area contributed by atoms with Gasteiger partial charge in [-0.15, -0.1) is 0 Å². The normalized spacial score (nSPS) is 11.8. The standard InChI is InChI=1S/C26H24N2O4S/c1-32-26(31)27-23(25(29)30)17-33-16-18-6-8-19(9-7-18)20-10-12-22(13-11-20)28-15-14-21-4-2-3-5-24(21)28/h2-15,23H,16-17H2,1H3,(H,27,31)(H,29,30)/t23-/m0/s1. The lowest BCUT2D eigenvalue weighted by atomic mass is 10.0. The van der Waals surface area contributed by atoms with Gasteiger partial charge in [-0.3, -0.25) is 0 Å². The minimum absolute atomic E-state index is 0.252. The van der Waals surface area contributed by atoms with E-state index in [1.54, 1.807) is 0 Å². The number of carbonyl (C=O) groups is 2. The van der Waals surface area contributed by atoms with E-state index in [1.165, 1.54) is 29.8 Å². The third-order valence-corrected chi connectivity index (χ3v) is 6.47. The van der Waals surface area contributed by atoms with Crippen molar-refractivity contribution in [3.8, 4) is 16.8 Å². The first kappa shape index (κ1) is 22.5. The highest BCUT2D eigenvalue weighted by Crippen LogP contribution is 2.25. The number of para-hydroxylation sites is 1. The largest absolute Gasteiger partial charge is 0.480 e. The summed E-state index contributed by atoms with van der Waals surface area (Å²) in [5.74, 6) is -0.187. The summed E-state index contributed by atoms with van der Waals surface area (Å²) in [5.41, 5.74) is 5.62.